The van der Waals surface area contributed by atoms with E-state index in [2.05, 4.69) is 60.4 Å². The average Bonchev–Trinajstić information content (AvgIpc) is 3.53. The molecule has 1 fully saturated rings. The highest BCUT2D eigenvalue weighted by Crippen LogP contribution is 2.49. The molecule has 11 heteroatoms. The number of likely N-dealkylation sites (N-methyl/N-ethyl adjacent to an activating group) is 1. The number of piperazine rings is 1. The fourth-order valence-corrected chi connectivity index (χ4v) is 5.04. The van der Waals surface area contributed by atoms with Crippen LogP contribution < -0.4 is 21.1 Å². The number of hydrogen-bond donors (Lipinski definition) is 3. The van der Waals surface area contributed by atoms with E-state index in [1.54, 1.807) is 30.5 Å². The summed E-state index contributed by atoms with van der Waals surface area (Å²) in [5.41, 5.74) is 9.30. The van der Waals surface area contributed by atoms with Crippen LogP contribution in [0.5, 0.6) is 0 Å². The van der Waals surface area contributed by atoms with Gasteiger partial charge in [-0.05, 0) is 42.9 Å². The van der Waals surface area contributed by atoms with Crippen LogP contribution in [0.4, 0.5) is 16.2 Å². The molecule has 0 saturated carbocycles. The summed E-state index contributed by atoms with van der Waals surface area (Å²) in [6.45, 7) is 3.97. The number of Topliss-reactive ketones (excluding diaryl/α,β-unsaturated/α-hetero) is 1. The van der Waals surface area contributed by atoms with E-state index >= 15 is 0 Å². The minimum atomic E-state index is -0.694. The molecule has 0 bridgehead atoms. The normalized spacial score (nSPS) is 18.1. The fourth-order valence-electron chi connectivity index (χ4n) is 5.04. The smallest absolute Gasteiger partial charge is 0.337 e. The molecule has 1 aliphatic carbocycles. The lowest BCUT2D eigenvalue weighted by Gasteiger charge is -2.34. The number of amides is 3. The summed E-state index contributed by atoms with van der Waals surface area (Å²) in [6, 6.07) is 15.3. The Morgan fingerprint density at radius 1 is 0.949 bits per heavy atom. The Balaban J connectivity index is 1.19. The van der Waals surface area contributed by atoms with Crippen molar-refractivity contribution in [3.05, 3.63) is 94.8 Å². The van der Waals surface area contributed by atoms with Gasteiger partial charge in [0.15, 0.2) is 5.78 Å². The second-order valence-electron chi connectivity index (χ2n) is 9.59. The van der Waals surface area contributed by atoms with Crippen molar-refractivity contribution in [2.45, 2.75) is 6.04 Å². The third-order valence-electron chi connectivity index (χ3n) is 7.14. The van der Waals surface area contributed by atoms with Crippen molar-refractivity contribution in [1.29, 1.82) is 0 Å². The number of carbonyl (C=O) groups is 3. The van der Waals surface area contributed by atoms with E-state index in [0.29, 0.717) is 33.6 Å². The first-order chi connectivity index (χ1) is 19.0. The van der Waals surface area contributed by atoms with Gasteiger partial charge in [-0.25, -0.2) is 10.2 Å². The van der Waals surface area contributed by atoms with Crippen LogP contribution in [0.25, 0.3) is 5.70 Å². The minimum Gasteiger partial charge on any atom is -0.369 e. The molecule has 1 atom stereocenters. The van der Waals surface area contributed by atoms with Crippen LogP contribution in [-0.4, -0.2) is 60.8 Å². The fraction of sp³-hybridized carbons (Fsp3) is 0.214. The number of fused-ring (bicyclic) bond motifs is 3. The molecule has 1 saturated heterocycles. The van der Waals surface area contributed by atoms with Crippen molar-refractivity contribution >= 4 is 34.8 Å². The first kappa shape index (κ1) is 24.4. The highest BCUT2D eigenvalue weighted by molar-refractivity contribution is 6.22. The molecule has 3 aromatic rings. The SMILES string of the molecule is CN1CCN(c2ccc(C3=C4C(=O)c5c(NC(=O)NNC(=O)c6cccnc6)cccc5C4N=N3)cc2)CC1. The Morgan fingerprint density at radius 3 is 2.49 bits per heavy atom. The molecule has 196 valence electrons. The van der Waals surface area contributed by atoms with Gasteiger partial charge >= 0.3 is 6.03 Å². The first-order valence-corrected chi connectivity index (χ1v) is 12.6. The largest absolute Gasteiger partial charge is 0.369 e. The predicted molar refractivity (Wildman–Crippen MR) is 145 cm³/mol. The highest BCUT2D eigenvalue weighted by Gasteiger charge is 2.42. The van der Waals surface area contributed by atoms with Crippen LogP contribution in [0.15, 0.2) is 82.8 Å². The summed E-state index contributed by atoms with van der Waals surface area (Å²) in [5.74, 6) is -0.746. The standard InChI is InChI=1S/C28H26N8O3/c1-35-12-14-36(15-13-35)19-9-7-17(8-10-19)24-23-25(32-31-24)20-5-2-6-21(22(20)26(23)37)30-28(39)34-33-27(38)18-4-3-11-29-16-18/h2-11,16,25H,12-15H2,1H3,(H,33,38)(H2,30,34,39). The van der Waals surface area contributed by atoms with E-state index in [9.17, 15) is 14.4 Å². The molecule has 39 heavy (non-hydrogen) atoms. The molecule has 0 radical (unpaired) electrons. The number of carbonyl (C=O) groups excluding carboxylic acids is 3. The summed E-state index contributed by atoms with van der Waals surface area (Å²) in [6.07, 6.45) is 2.93. The number of hydrogen-bond acceptors (Lipinski definition) is 8. The number of urea groups is 1. The van der Waals surface area contributed by atoms with Crippen molar-refractivity contribution in [3.8, 4) is 0 Å². The second kappa shape index (κ2) is 10.1. The van der Waals surface area contributed by atoms with E-state index in [1.807, 2.05) is 18.2 Å². The van der Waals surface area contributed by atoms with Crippen LogP contribution in [0.1, 0.15) is 37.9 Å². The van der Waals surface area contributed by atoms with Crippen molar-refractivity contribution < 1.29 is 14.4 Å². The number of hydrazine groups is 1. The Kier molecular flexibility index (Phi) is 6.33. The number of aromatic nitrogens is 1. The van der Waals surface area contributed by atoms with E-state index in [0.717, 1.165) is 37.4 Å². The molecule has 1 unspecified atom stereocenters. The molecule has 2 aromatic carbocycles. The molecule has 3 aliphatic rings. The summed E-state index contributed by atoms with van der Waals surface area (Å²) in [5, 5.41) is 11.4. The van der Waals surface area contributed by atoms with Gasteiger partial charge in [-0.1, -0.05) is 24.3 Å². The molecule has 3 heterocycles. The van der Waals surface area contributed by atoms with Gasteiger partial charge in [0.05, 0.1) is 22.4 Å². The van der Waals surface area contributed by atoms with Crippen molar-refractivity contribution in [2.75, 3.05) is 43.4 Å². The topological polar surface area (TPSA) is 131 Å². The zero-order chi connectivity index (χ0) is 26.9. The zero-order valence-corrected chi connectivity index (χ0v) is 21.2. The number of benzene rings is 2. The Morgan fingerprint density at radius 2 is 1.74 bits per heavy atom. The first-order valence-electron chi connectivity index (χ1n) is 12.6. The number of nitrogens with one attached hydrogen (secondary N) is 3. The number of nitrogens with zero attached hydrogens (tertiary/aromatic N) is 5. The van der Waals surface area contributed by atoms with Gasteiger partial charge in [-0.15, -0.1) is 0 Å². The van der Waals surface area contributed by atoms with E-state index in [-0.39, 0.29) is 5.78 Å². The number of rotatable bonds is 4. The van der Waals surface area contributed by atoms with E-state index in [1.165, 1.54) is 6.20 Å². The maximum Gasteiger partial charge on any atom is 0.337 e. The molecule has 0 spiro atoms. The molecular weight excluding hydrogens is 496 g/mol. The number of ketones is 1. The van der Waals surface area contributed by atoms with Gasteiger partial charge in [-0.2, -0.15) is 10.2 Å². The minimum absolute atomic E-state index is 0.228. The van der Waals surface area contributed by atoms with Crippen LogP contribution in [0.3, 0.4) is 0 Å². The molecule has 11 nitrogen and oxygen atoms in total. The third-order valence-corrected chi connectivity index (χ3v) is 7.14. The Bertz CT molecular complexity index is 1510. The maximum atomic E-state index is 13.6. The van der Waals surface area contributed by atoms with Crippen LogP contribution >= 0.6 is 0 Å². The molecule has 2 aliphatic heterocycles. The molecule has 6 rings (SSSR count). The van der Waals surface area contributed by atoms with Gasteiger partial charge in [0, 0.05) is 49.8 Å². The number of pyridine rings is 1. The monoisotopic (exact) mass is 522 g/mol. The second-order valence-corrected chi connectivity index (χ2v) is 9.59. The molecule has 1 aromatic heterocycles. The lowest BCUT2D eigenvalue weighted by molar-refractivity contribution is 0.0937. The summed E-state index contributed by atoms with van der Waals surface area (Å²) in [4.78, 5) is 46.9. The van der Waals surface area contributed by atoms with Crippen LogP contribution in [0.2, 0.25) is 0 Å². The predicted octanol–water partition coefficient (Wildman–Crippen LogP) is 3.41. The molecule has 3 N–H and O–H groups in total. The Hall–Kier alpha value is -4.90. The molecular formula is C28H26N8O3. The summed E-state index contributed by atoms with van der Waals surface area (Å²) in [7, 11) is 2.13. The van der Waals surface area contributed by atoms with Gasteiger partial charge < -0.3 is 15.1 Å². The van der Waals surface area contributed by atoms with Crippen molar-refractivity contribution in [2.24, 2.45) is 10.2 Å². The summed E-state index contributed by atoms with van der Waals surface area (Å²) < 4.78 is 0. The quantitative estimate of drug-likeness (QED) is 0.450. The average molecular weight is 523 g/mol. The maximum absolute atomic E-state index is 13.6. The van der Waals surface area contributed by atoms with Gasteiger partial charge in [-0.3, -0.25) is 20.0 Å². The van der Waals surface area contributed by atoms with Crippen molar-refractivity contribution in [3.63, 3.8) is 0 Å². The lowest BCUT2D eigenvalue weighted by Crippen LogP contribution is -2.44. The lowest BCUT2D eigenvalue weighted by atomic mass is 10.0. The van der Waals surface area contributed by atoms with Crippen molar-refractivity contribution in [1.82, 2.24) is 20.7 Å². The Labute approximate surface area is 224 Å². The number of anilines is 2. The van der Waals surface area contributed by atoms with Gasteiger partial charge in [0.25, 0.3) is 5.91 Å². The van der Waals surface area contributed by atoms with E-state index in [4.69, 9.17) is 0 Å². The summed E-state index contributed by atoms with van der Waals surface area (Å²) >= 11 is 0. The van der Waals surface area contributed by atoms with Gasteiger partial charge in [0.1, 0.15) is 11.7 Å². The zero-order valence-electron chi connectivity index (χ0n) is 21.2. The number of azo groups is 1. The van der Waals surface area contributed by atoms with Gasteiger partial charge in [0.2, 0.25) is 0 Å². The highest BCUT2D eigenvalue weighted by atomic mass is 16.2. The molecule has 3 amide bonds. The van der Waals surface area contributed by atoms with Crippen LogP contribution in [0, 0.1) is 0 Å². The third kappa shape index (κ3) is 4.64. The van der Waals surface area contributed by atoms with Crippen LogP contribution in [-0.2, 0) is 0 Å². The van der Waals surface area contributed by atoms with E-state index < -0.39 is 18.0 Å².